The molecule has 0 saturated heterocycles. The fourth-order valence-corrected chi connectivity index (χ4v) is 3.04. The quantitative estimate of drug-likeness (QED) is 0.724. The molecule has 0 aliphatic rings. The van der Waals surface area contributed by atoms with E-state index < -0.39 is 15.8 Å². The van der Waals surface area contributed by atoms with Gasteiger partial charge in [0.2, 0.25) is 0 Å². The monoisotopic (exact) mass is 382 g/mol. The summed E-state index contributed by atoms with van der Waals surface area (Å²) >= 11 is 2.96. The summed E-state index contributed by atoms with van der Waals surface area (Å²) in [6.07, 6.45) is 0. The Morgan fingerprint density at radius 3 is 2.45 bits per heavy atom. The van der Waals surface area contributed by atoms with Gasteiger partial charge in [-0.1, -0.05) is 0 Å². The molecule has 1 rings (SSSR count). The van der Waals surface area contributed by atoms with Crippen molar-refractivity contribution in [3.05, 3.63) is 29.8 Å². The third kappa shape index (κ3) is 2.82. The van der Waals surface area contributed by atoms with Gasteiger partial charge >= 0.3 is 80.8 Å². The van der Waals surface area contributed by atoms with Crippen LogP contribution in [-0.2, 0) is 15.8 Å². The van der Waals surface area contributed by atoms with Gasteiger partial charge in [-0.15, -0.1) is 0 Å². The van der Waals surface area contributed by atoms with E-state index in [1.165, 1.54) is 0 Å². The topological polar surface area (TPSA) is 9.23 Å². The van der Waals surface area contributed by atoms with Crippen LogP contribution in [0.1, 0.15) is 5.56 Å². The van der Waals surface area contributed by atoms with E-state index in [0.717, 1.165) is 11.3 Å². The molecule has 0 spiro atoms. The number of ether oxygens (including phenoxy) is 1. The van der Waals surface area contributed by atoms with Crippen LogP contribution in [0, 0.1) is 4.20 Å². The zero-order valence-corrected chi connectivity index (χ0v) is 10.5. The summed E-state index contributed by atoms with van der Waals surface area (Å²) in [6, 6.07) is 7.92. The Kier molecular flexibility index (Phi) is 3.93. The third-order valence-electron chi connectivity index (χ3n) is 1.25. The van der Waals surface area contributed by atoms with Crippen molar-refractivity contribution in [3.63, 3.8) is 0 Å². The van der Waals surface area contributed by atoms with Crippen LogP contribution in [0.4, 0.5) is 0 Å². The van der Waals surface area contributed by atoms with Gasteiger partial charge in [-0.3, -0.25) is 0 Å². The number of methoxy groups -OCH3 is 1. The minimum atomic E-state index is -0.490. The van der Waals surface area contributed by atoms with Gasteiger partial charge in [0.1, 0.15) is 0 Å². The van der Waals surface area contributed by atoms with Gasteiger partial charge < -0.3 is 0 Å². The molecule has 3 heteroatoms. The summed E-state index contributed by atoms with van der Waals surface area (Å²) in [4.78, 5) is 0. The summed E-state index contributed by atoms with van der Waals surface area (Å²) in [5, 5.41) is 0. The van der Waals surface area contributed by atoms with Crippen LogP contribution in [0.3, 0.4) is 0 Å². The Bertz CT molecular complexity index is 283. The Morgan fingerprint density at radius 2 is 2.00 bits per heavy atom. The van der Waals surface area contributed by atoms with Crippen LogP contribution in [0.5, 0.6) is 5.75 Å². The van der Waals surface area contributed by atoms with Crippen LogP contribution in [0.2, 0.25) is 0 Å². The molecular formula is C8H7BrOW. The van der Waals surface area contributed by atoms with Crippen LogP contribution in [0.15, 0.2) is 24.3 Å². The van der Waals surface area contributed by atoms with Gasteiger partial charge in [0, 0.05) is 0 Å². The predicted octanol–water partition coefficient (Wildman–Crippen LogP) is 2.39. The Balaban J connectivity index is 2.88. The first kappa shape index (κ1) is 9.06. The molecule has 0 aromatic heterocycles. The molecule has 0 aliphatic carbocycles. The first-order valence-electron chi connectivity index (χ1n) is 3.04. The second-order valence-corrected chi connectivity index (χ2v) is 5.85. The number of benzene rings is 1. The zero-order chi connectivity index (χ0) is 8.10. The van der Waals surface area contributed by atoms with Gasteiger partial charge in [-0.2, -0.15) is 0 Å². The van der Waals surface area contributed by atoms with Gasteiger partial charge in [0.05, 0.1) is 0 Å². The van der Waals surface area contributed by atoms with Crippen molar-refractivity contribution in [3.8, 4) is 9.95 Å². The van der Waals surface area contributed by atoms with E-state index in [1.54, 1.807) is 7.11 Å². The number of rotatable bonds is 1. The van der Waals surface area contributed by atoms with E-state index in [9.17, 15) is 0 Å². The number of hydrogen-bond acceptors (Lipinski definition) is 1. The second-order valence-electron chi connectivity index (χ2n) is 1.91. The SMILES string of the molecule is COc1ccc([C]#[W][Br])cc1. The normalized spacial score (nSPS) is 8.55. The molecular weight excluding hydrogens is 376 g/mol. The summed E-state index contributed by atoms with van der Waals surface area (Å²) in [5.74, 6) is 0.898. The molecule has 0 atom stereocenters. The van der Waals surface area contributed by atoms with Gasteiger partial charge in [0.25, 0.3) is 0 Å². The molecule has 0 radical (unpaired) electrons. The van der Waals surface area contributed by atoms with Gasteiger partial charge in [-0.25, -0.2) is 0 Å². The Morgan fingerprint density at radius 1 is 1.36 bits per heavy atom. The molecule has 0 N–H and O–H groups in total. The second kappa shape index (κ2) is 4.77. The fraction of sp³-hybridized carbons (Fsp3) is 0.125. The molecule has 0 amide bonds. The summed E-state index contributed by atoms with van der Waals surface area (Å²) in [5.41, 5.74) is 1.16. The summed E-state index contributed by atoms with van der Waals surface area (Å²) in [7, 11) is 1.67. The summed E-state index contributed by atoms with van der Waals surface area (Å²) < 4.78 is 8.31. The van der Waals surface area contributed by atoms with E-state index in [-0.39, 0.29) is 0 Å². The first-order chi connectivity index (χ1) is 5.36. The van der Waals surface area contributed by atoms with E-state index in [4.69, 9.17) is 4.74 Å². The maximum atomic E-state index is 5.02. The van der Waals surface area contributed by atoms with E-state index >= 15 is 0 Å². The summed E-state index contributed by atoms with van der Waals surface area (Å²) in [6.45, 7) is 0. The number of hydrogen-bond donors (Lipinski definition) is 0. The molecule has 11 heavy (non-hydrogen) atoms. The maximum absolute atomic E-state index is 5.02. The molecule has 58 valence electrons. The molecule has 0 aliphatic heterocycles. The Labute approximate surface area is 80.6 Å². The molecule has 0 fully saturated rings. The van der Waals surface area contributed by atoms with Crippen molar-refractivity contribution < 1.29 is 20.6 Å². The third-order valence-corrected chi connectivity index (χ3v) is 3.70. The van der Waals surface area contributed by atoms with E-state index in [2.05, 4.69) is 17.5 Å². The van der Waals surface area contributed by atoms with Crippen molar-refractivity contribution in [1.82, 2.24) is 0 Å². The first-order valence-corrected chi connectivity index (χ1v) is 10.9. The van der Waals surface area contributed by atoms with Crippen LogP contribution in [-0.4, -0.2) is 7.11 Å². The van der Waals surface area contributed by atoms with E-state index in [0.29, 0.717) is 0 Å². The molecule has 0 bridgehead atoms. The average Bonchev–Trinajstić information content (AvgIpc) is 2.07. The molecule has 1 aromatic carbocycles. The van der Waals surface area contributed by atoms with Gasteiger partial charge in [-0.05, 0) is 0 Å². The van der Waals surface area contributed by atoms with Crippen molar-refractivity contribution in [2.45, 2.75) is 0 Å². The standard InChI is InChI=1S/C8H7O.BrH.W/c1-7-3-5-8(9-2)6-4-7;;/h3-6H,2H3;1H;/q;;+1/p-1. The minimum absolute atomic E-state index is 0.490. The van der Waals surface area contributed by atoms with Crippen molar-refractivity contribution in [2.75, 3.05) is 7.11 Å². The zero-order valence-electron chi connectivity index (χ0n) is 6.00. The number of halogens is 1. The average molecular weight is 383 g/mol. The Hall–Kier alpha value is -0.0317. The molecule has 1 nitrogen and oxygen atoms in total. The van der Waals surface area contributed by atoms with Crippen molar-refractivity contribution >= 4 is 13.3 Å². The van der Waals surface area contributed by atoms with Crippen molar-refractivity contribution in [2.24, 2.45) is 0 Å². The predicted molar refractivity (Wildman–Crippen MR) is 44.9 cm³/mol. The van der Waals surface area contributed by atoms with Gasteiger partial charge in [0.15, 0.2) is 0 Å². The van der Waals surface area contributed by atoms with Crippen LogP contribution >= 0.6 is 13.3 Å². The van der Waals surface area contributed by atoms with E-state index in [1.807, 2.05) is 24.3 Å². The molecule has 0 saturated carbocycles. The molecule has 1 aromatic rings. The van der Waals surface area contributed by atoms with Crippen LogP contribution < -0.4 is 4.74 Å². The molecule has 0 heterocycles. The van der Waals surface area contributed by atoms with Crippen molar-refractivity contribution in [1.29, 1.82) is 0 Å². The molecule has 0 unspecified atom stereocenters. The fourth-order valence-electron chi connectivity index (χ4n) is 0.704. The van der Waals surface area contributed by atoms with Crippen LogP contribution in [0.25, 0.3) is 0 Å².